The first-order valence-corrected chi connectivity index (χ1v) is 6.47. The molecule has 1 aromatic carbocycles. The van der Waals surface area contributed by atoms with Gasteiger partial charge in [0.05, 0.1) is 11.9 Å². The summed E-state index contributed by atoms with van der Waals surface area (Å²) in [6.45, 7) is 0. The molecule has 10 heteroatoms. The monoisotopic (exact) mass is 364 g/mol. The third kappa shape index (κ3) is 4.61. The second-order valence-electron chi connectivity index (χ2n) is 4.76. The number of allylic oxidation sites excluding steroid dienone is 5. The molecule has 0 bridgehead atoms. The zero-order chi connectivity index (χ0) is 18.8. The summed E-state index contributed by atoms with van der Waals surface area (Å²) in [4.78, 5) is 11.4. The zero-order valence-corrected chi connectivity index (χ0v) is 12.0. The van der Waals surface area contributed by atoms with E-state index in [2.05, 4.69) is 10.2 Å². The van der Waals surface area contributed by atoms with Crippen LogP contribution >= 0.6 is 0 Å². The molecular weight excluding hydrogens is 357 g/mol. The molecule has 0 radical (unpaired) electrons. The number of rotatable bonds is 2. The molecule has 0 fully saturated rings. The maximum absolute atomic E-state index is 12.8. The maximum Gasteiger partial charge on any atom is 0.420 e. The number of hydrogen-bond acceptors (Lipinski definition) is 3. The van der Waals surface area contributed by atoms with Gasteiger partial charge in [-0.15, -0.1) is 0 Å². The predicted molar refractivity (Wildman–Crippen MR) is 72.3 cm³/mol. The predicted octanol–water partition coefficient (Wildman–Crippen LogP) is 5.35. The van der Waals surface area contributed by atoms with Crippen molar-refractivity contribution < 1.29 is 35.5 Å². The van der Waals surface area contributed by atoms with E-state index in [0.717, 1.165) is 12.1 Å². The van der Waals surface area contributed by atoms with Crippen molar-refractivity contribution in [1.29, 1.82) is 0 Å². The number of carbonyl (C=O) groups is 1. The summed E-state index contributed by atoms with van der Waals surface area (Å²) < 4.78 is 89.2. The molecule has 0 spiro atoms. The maximum atomic E-state index is 12.8. The standard InChI is InChI=1S/C15H7F7N2O/c16-9-1-3-10(4-2-9)24-23-7-8-5-11(14(17,18)19)13(25)12(6-8)15(20,21)22/h1-7H. The number of carbonyl (C=O) groups excluding carboxylic acids is 1. The Balaban J connectivity index is 2.39. The van der Waals surface area contributed by atoms with Gasteiger partial charge in [0.15, 0.2) is 0 Å². The fourth-order valence-electron chi connectivity index (χ4n) is 1.82. The van der Waals surface area contributed by atoms with Crippen LogP contribution in [0, 0.1) is 5.82 Å². The summed E-state index contributed by atoms with van der Waals surface area (Å²) in [6, 6.07) is 4.50. The molecule has 25 heavy (non-hydrogen) atoms. The summed E-state index contributed by atoms with van der Waals surface area (Å²) in [5, 5.41) is 6.87. The molecule has 0 saturated carbocycles. The van der Waals surface area contributed by atoms with Crippen molar-refractivity contribution in [1.82, 2.24) is 0 Å². The van der Waals surface area contributed by atoms with Gasteiger partial charge in [-0.1, -0.05) is 0 Å². The van der Waals surface area contributed by atoms with Crippen molar-refractivity contribution in [3.63, 3.8) is 0 Å². The minimum Gasteiger partial charge on any atom is -0.289 e. The van der Waals surface area contributed by atoms with E-state index in [9.17, 15) is 35.5 Å². The highest BCUT2D eigenvalue weighted by Crippen LogP contribution is 2.38. The number of ketones is 1. The van der Waals surface area contributed by atoms with E-state index >= 15 is 0 Å². The Morgan fingerprint density at radius 1 is 0.840 bits per heavy atom. The molecule has 0 N–H and O–H groups in total. The number of azo groups is 1. The first-order chi connectivity index (χ1) is 11.5. The Labute approximate surface area is 135 Å². The molecule has 0 saturated heterocycles. The quantitative estimate of drug-likeness (QED) is 0.515. The van der Waals surface area contributed by atoms with Gasteiger partial charge in [-0.3, -0.25) is 4.79 Å². The van der Waals surface area contributed by atoms with E-state index in [0.29, 0.717) is 6.20 Å². The highest BCUT2D eigenvalue weighted by Gasteiger charge is 2.48. The summed E-state index contributed by atoms with van der Waals surface area (Å²) >= 11 is 0. The summed E-state index contributed by atoms with van der Waals surface area (Å²) in [5.74, 6) is -2.72. The van der Waals surface area contributed by atoms with Crippen molar-refractivity contribution in [2.24, 2.45) is 10.2 Å². The second kappa shape index (κ2) is 6.61. The summed E-state index contributed by atoms with van der Waals surface area (Å²) in [7, 11) is 0. The van der Waals surface area contributed by atoms with Gasteiger partial charge in [-0.25, -0.2) is 4.39 Å². The van der Waals surface area contributed by atoms with Crippen LogP contribution in [-0.2, 0) is 4.79 Å². The molecule has 1 aliphatic rings. The molecule has 1 aromatic rings. The molecule has 0 heterocycles. The number of nitrogens with zero attached hydrogens (tertiary/aromatic N) is 2. The average Bonchev–Trinajstić information content (AvgIpc) is 2.48. The topological polar surface area (TPSA) is 41.8 Å². The molecule has 0 amide bonds. The molecule has 2 rings (SSSR count). The van der Waals surface area contributed by atoms with Crippen molar-refractivity contribution in [3.8, 4) is 0 Å². The van der Waals surface area contributed by atoms with Gasteiger partial charge < -0.3 is 0 Å². The van der Waals surface area contributed by atoms with Crippen LogP contribution in [0.1, 0.15) is 0 Å². The first-order valence-electron chi connectivity index (χ1n) is 6.47. The Hall–Kier alpha value is -2.78. The smallest absolute Gasteiger partial charge is 0.289 e. The SMILES string of the molecule is O=C1C(C(F)(F)F)=CC(=CN=Nc2ccc(F)cc2)C=C1C(F)(F)F. The van der Waals surface area contributed by atoms with E-state index in [1.54, 1.807) is 0 Å². The Morgan fingerprint density at radius 2 is 1.32 bits per heavy atom. The van der Waals surface area contributed by atoms with Crippen LogP contribution in [0.2, 0.25) is 0 Å². The van der Waals surface area contributed by atoms with Crippen LogP contribution in [-0.4, -0.2) is 18.1 Å². The number of benzene rings is 1. The Kier molecular flexibility index (Phi) is 4.91. The van der Waals surface area contributed by atoms with Gasteiger partial charge in [-0.05, 0) is 42.0 Å². The molecule has 0 atom stereocenters. The van der Waals surface area contributed by atoms with Gasteiger partial charge in [0.25, 0.3) is 0 Å². The van der Waals surface area contributed by atoms with E-state index in [4.69, 9.17) is 0 Å². The molecule has 3 nitrogen and oxygen atoms in total. The molecule has 0 aliphatic heterocycles. The van der Waals surface area contributed by atoms with E-state index in [-0.39, 0.29) is 17.8 Å². The molecule has 0 unspecified atom stereocenters. The van der Waals surface area contributed by atoms with Gasteiger partial charge in [-0.2, -0.15) is 36.6 Å². The highest BCUT2D eigenvalue weighted by atomic mass is 19.4. The fraction of sp³-hybridized carbons (Fsp3) is 0.133. The lowest BCUT2D eigenvalue weighted by atomic mass is 9.93. The minimum atomic E-state index is -5.25. The van der Waals surface area contributed by atoms with Gasteiger partial charge in [0.2, 0.25) is 5.78 Å². The highest BCUT2D eigenvalue weighted by molar-refractivity contribution is 6.12. The van der Waals surface area contributed by atoms with Crippen molar-refractivity contribution >= 4 is 11.5 Å². The van der Waals surface area contributed by atoms with Crippen LogP contribution in [0.15, 0.2) is 69.6 Å². The zero-order valence-electron chi connectivity index (χ0n) is 12.0. The normalized spacial score (nSPS) is 16.1. The van der Waals surface area contributed by atoms with E-state index in [1.165, 1.54) is 12.1 Å². The minimum absolute atomic E-state index is 0.130. The van der Waals surface area contributed by atoms with Crippen LogP contribution in [0.3, 0.4) is 0 Å². The fourth-order valence-corrected chi connectivity index (χ4v) is 1.82. The van der Waals surface area contributed by atoms with Crippen LogP contribution in [0.4, 0.5) is 36.4 Å². The number of alkyl halides is 6. The second-order valence-corrected chi connectivity index (χ2v) is 4.76. The molecule has 0 aromatic heterocycles. The lowest BCUT2D eigenvalue weighted by Crippen LogP contribution is -2.30. The van der Waals surface area contributed by atoms with Crippen molar-refractivity contribution in [3.05, 3.63) is 65.2 Å². The van der Waals surface area contributed by atoms with Gasteiger partial charge in [0.1, 0.15) is 17.0 Å². The van der Waals surface area contributed by atoms with E-state index < -0.39 is 40.7 Å². The van der Waals surface area contributed by atoms with Gasteiger partial charge in [0, 0.05) is 0 Å². The van der Waals surface area contributed by atoms with Crippen molar-refractivity contribution in [2.45, 2.75) is 12.4 Å². The van der Waals surface area contributed by atoms with Crippen LogP contribution in [0.25, 0.3) is 0 Å². The average molecular weight is 364 g/mol. The third-order valence-corrected chi connectivity index (χ3v) is 2.93. The van der Waals surface area contributed by atoms with E-state index in [1.807, 2.05) is 0 Å². The lowest BCUT2D eigenvalue weighted by Gasteiger charge is -2.19. The molecular formula is C15H7F7N2O. The number of hydrogen-bond donors (Lipinski definition) is 0. The number of halogens is 7. The summed E-state index contributed by atoms with van der Waals surface area (Å²) in [6.07, 6.45) is -9.38. The molecule has 1 aliphatic carbocycles. The lowest BCUT2D eigenvalue weighted by molar-refractivity contribution is -0.136. The summed E-state index contributed by atoms with van der Waals surface area (Å²) in [5.41, 5.74) is -4.38. The third-order valence-electron chi connectivity index (χ3n) is 2.93. The van der Waals surface area contributed by atoms with Crippen LogP contribution in [0.5, 0.6) is 0 Å². The Morgan fingerprint density at radius 3 is 1.76 bits per heavy atom. The largest absolute Gasteiger partial charge is 0.420 e. The first kappa shape index (κ1) is 18.6. The van der Waals surface area contributed by atoms with Crippen LogP contribution < -0.4 is 0 Å². The molecule has 132 valence electrons. The number of Topliss-reactive ketones (excluding diaryl/α,β-unsaturated/α-hetero) is 1. The van der Waals surface area contributed by atoms with Crippen molar-refractivity contribution in [2.75, 3.05) is 0 Å². The Bertz CT molecular complexity index is 761. The van der Waals surface area contributed by atoms with Gasteiger partial charge >= 0.3 is 12.4 Å².